The smallest absolute Gasteiger partial charge is 0.357 e. The number of piperidine rings is 1. The summed E-state index contributed by atoms with van der Waals surface area (Å²) in [6, 6.07) is 0.323. The molecule has 4 nitrogen and oxygen atoms in total. The van der Waals surface area contributed by atoms with E-state index in [1.54, 1.807) is 0 Å². The van der Waals surface area contributed by atoms with Gasteiger partial charge in [-0.25, -0.2) is 0 Å². The van der Waals surface area contributed by atoms with E-state index in [4.69, 9.17) is 0 Å². The van der Waals surface area contributed by atoms with Crippen molar-refractivity contribution in [2.75, 3.05) is 32.7 Å². The Morgan fingerprint density at radius 3 is 2.35 bits per heavy atom. The standard InChI is InChI=1S/C15H29F3N4.HI/c1-4-19-14(21-12(2)3)20-8-5-13-6-9-22(10-7-13)11-15(16,17)18;/h12-13H,4-11H2,1-3H3,(H2,19,20,21);1H. The highest BCUT2D eigenvalue weighted by atomic mass is 127. The van der Waals surface area contributed by atoms with Crippen molar-refractivity contribution >= 4 is 29.9 Å². The summed E-state index contributed by atoms with van der Waals surface area (Å²) in [5, 5.41) is 6.45. The lowest BCUT2D eigenvalue weighted by molar-refractivity contribution is -0.148. The predicted molar refractivity (Wildman–Crippen MR) is 99.5 cm³/mol. The molecule has 1 aliphatic rings. The Bertz CT molecular complexity index is 340. The summed E-state index contributed by atoms with van der Waals surface area (Å²) in [5.74, 6) is 1.29. The monoisotopic (exact) mass is 450 g/mol. The van der Waals surface area contributed by atoms with Crippen LogP contribution < -0.4 is 10.6 Å². The summed E-state index contributed by atoms with van der Waals surface area (Å²) >= 11 is 0. The molecule has 1 heterocycles. The molecule has 1 aliphatic heterocycles. The molecule has 0 bridgehead atoms. The van der Waals surface area contributed by atoms with Crippen molar-refractivity contribution in [2.45, 2.75) is 52.3 Å². The molecule has 138 valence electrons. The van der Waals surface area contributed by atoms with E-state index in [0.717, 1.165) is 31.8 Å². The molecule has 2 N–H and O–H groups in total. The Morgan fingerprint density at radius 2 is 1.87 bits per heavy atom. The summed E-state index contributed by atoms with van der Waals surface area (Å²) in [6.45, 7) is 7.97. The normalized spacial score (nSPS) is 18.0. The van der Waals surface area contributed by atoms with Crippen LogP contribution in [0.5, 0.6) is 0 Å². The third kappa shape index (κ3) is 11.0. The van der Waals surface area contributed by atoms with Crippen molar-refractivity contribution in [2.24, 2.45) is 10.9 Å². The van der Waals surface area contributed by atoms with Gasteiger partial charge in [0.25, 0.3) is 0 Å². The van der Waals surface area contributed by atoms with Crippen LogP contribution in [0.15, 0.2) is 4.99 Å². The van der Waals surface area contributed by atoms with Crippen LogP contribution in [0.1, 0.15) is 40.0 Å². The van der Waals surface area contributed by atoms with Gasteiger partial charge in [-0.3, -0.25) is 9.89 Å². The van der Waals surface area contributed by atoms with Crippen LogP contribution in [0.2, 0.25) is 0 Å². The fourth-order valence-electron chi connectivity index (χ4n) is 2.64. The van der Waals surface area contributed by atoms with Gasteiger partial charge in [0.05, 0.1) is 6.54 Å². The van der Waals surface area contributed by atoms with Gasteiger partial charge in [0, 0.05) is 19.1 Å². The summed E-state index contributed by atoms with van der Waals surface area (Å²) < 4.78 is 37.0. The lowest BCUT2D eigenvalue weighted by atomic mass is 9.93. The zero-order valence-electron chi connectivity index (χ0n) is 14.2. The number of aliphatic imine (C=N–C) groups is 1. The molecule has 0 unspecified atom stereocenters. The molecule has 8 heteroatoms. The molecule has 0 radical (unpaired) electrons. The maximum Gasteiger partial charge on any atom is 0.401 e. The topological polar surface area (TPSA) is 39.7 Å². The van der Waals surface area contributed by atoms with Crippen LogP contribution in [0.3, 0.4) is 0 Å². The van der Waals surface area contributed by atoms with E-state index in [0.29, 0.717) is 31.6 Å². The minimum absolute atomic E-state index is 0. The first-order chi connectivity index (χ1) is 10.3. The number of hydrogen-bond donors (Lipinski definition) is 2. The number of halogens is 4. The fourth-order valence-corrected chi connectivity index (χ4v) is 2.64. The second kappa shape index (κ2) is 11.3. The number of nitrogens with one attached hydrogen (secondary N) is 2. The van der Waals surface area contributed by atoms with Crippen molar-refractivity contribution in [3.8, 4) is 0 Å². The highest BCUT2D eigenvalue weighted by molar-refractivity contribution is 14.0. The van der Waals surface area contributed by atoms with Gasteiger partial charge in [-0.05, 0) is 59.0 Å². The van der Waals surface area contributed by atoms with Gasteiger partial charge in [0.15, 0.2) is 5.96 Å². The van der Waals surface area contributed by atoms with E-state index in [9.17, 15) is 13.2 Å². The first-order valence-corrected chi connectivity index (χ1v) is 8.14. The molecule has 1 fully saturated rings. The molecule has 0 aromatic rings. The molecule has 0 aromatic heterocycles. The van der Waals surface area contributed by atoms with E-state index in [2.05, 4.69) is 29.5 Å². The second-order valence-electron chi connectivity index (χ2n) is 6.18. The molecule has 23 heavy (non-hydrogen) atoms. The largest absolute Gasteiger partial charge is 0.401 e. The van der Waals surface area contributed by atoms with E-state index in [-0.39, 0.29) is 24.0 Å². The Hall–Kier alpha value is -0.250. The average molecular weight is 450 g/mol. The molecule has 0 amide bonds. The van der Waals surface area contributed by atoms with Crippen molar-refractivity contribution in [1.82, 2.24) is 15.5 Å². The van der Waals surface area contributed by atoms with E-state index in [1.165, 1.54) is 4.90 Å². The van der Waals surface area contributed by atoms with Gasteiger partial charge in [-0.2, -0.15) is 13.2 Å². The Morgan fingerprint density at radius 1 is 1.26 bits per heavy atom. The van der Waals surface area contributed by atoms with Crippen molar-refractivity contribution < 1.29 is 13.2 Å². The van der Waals surface area contributed by atoms with E-state index < -0.39 is 12.7 Å². The minimum atomic E-state index is -4.08. The quantitative estimate of drug-likeness (QED) is 0.371. The van der Waals surface area contributed by atoms with Gasteiger partial charge in [-0.1, -0.05) is 0 Å². The fraction of sp³-hybridized carbons (Fsp3) is 0.933. The molecular weight excluding hydrogens is 420 g/mol. The number of alkyl halides is 3. The van der Waals surface area contributed by atoms with Crippen molar-refractivity contribution in [3.05, 3.63) is 0 Å². The van der Waals surface area contributed by atoms with Crippen LogP contribution >= 0.6 is 24.0 Å². The van der Waals surface area contributed by atoms with Crippen LogP contribution in [-0.4, -0.2) is 55.8 Å². The second-order valence-corrected chi connectivity index (χ2v) is 6.18. The number of guanidine groups is 1. The lowest BCUT2D eigenvalue weighted by Gasteiger charge is -2.32. The Labute approximate surface area is 154 Å². The third-order valence-electron chi connectivity index (χ3n) is 3.69. The highest BCUT2D eigenvalue weighted by Gasteiger charge is 2.32. The van der Waals surface area contributed by atoms with Crippen LogP contribution in [-0.2, 0) is 0 Å². The Balaban J connectivity index is 0.00000484. The Kier molecular flexibility index (Phi) is 11.2. The molecule has 0 saturated carbocycles. The lowest BCUT2D eigenvalue weighted by Crippen LogP contribution is -2.41. The molecule has 0 aliphatic carbocycles. The molecule has 1 saturated heterocycles. The highest BCUT2D eigenvalue weighted by Crippen LogP contribution is 2.24. The predicted octanol–water partition coefficient (Wildman–Crippen LogP) is 3.23. The summed E-state index contributed by atoms with van der Waals surface area (Å²) in [6.07, 6.45) is -1.48. The van der Waals surface area contributed by atoms with Crippen molar-refractivity contribution in [3.63, 3.8) is 0 Å². The number of hydrogen-bond acceptors (Lipinski definition) is 2. The van der Waals surface area contributed by atoms with E-state index >= 15 is 0 Å². The van der Waals surface area contributed by atoms with Gasteiger partial charge in [0.1, 0.15) is 0 Å². The number of likely N-dealkylation sites (tertiary alicyclic amines) is 1. The summed E-state index contributed by atoms with van der Waals surface area (Å²) in [4.78, 5) is 6.03. The molecular formula is C15H30F3IN4. The number of rotatable bonds is 6. The average Bonchev–Trinajstić information content (AvgIpc) is 2.38. The van der Waals surface area contributed by atoms with Gasteiger partial charge in [-0.15, -0.1) is 24.0 Å². The van der Waals surface area contributed by atoms with E-state index in [1.807, 2.05) is 6.92 Å². The van der Waals surface area contributed by atoms with Crippen LogP contribution in [0.4, 0.5) is 13.2 Å². The van der Waals surface area contributed by atoms with Crippen LogP contribution in [0.25, 0.3) is 0 Å². The molecule has 1 rings (SSSR count). The third-order valence-corrected chi connectivity index (χ3v) is 3.69. The molecule has 0 spiro atoms. The zero-order valence-corrected chi connectivity index (χ0v) is 16.6. The zero-order chi connectivity index (χ0) is 16.6. The summed E-state index contributed by atoms with van der Waals surface area (Å²) in [5.41, 5.74) is 0. The van der Waals surface area contributed by atoms with Gasteiger partial charge in [0.2, 0.25) is 0 Å². The summed E-state index contributed by atoms with van der Waals surface area (Å²) in [7, 11) is 0. The minimum Gasteiger partial charge on any atom is -0.357 e. The van der Waals surface area contributed by atoms with Gasteiger partial charge >= 0.3 is 6.18 Å². The maximum atomic E-state index is 12.3. The molecule has 0 atom stereocenters. The first-order valence-electron chi connectivity index (χ1n) is 8.14. The maximum absolute atomic E-state index is 12.3. The van der Waals surface area contributed by atoms with Crippen molar-refractivity contribution in [1.29, 1.82) is 0 Å². The molecule has 0 aromatic carbocycles. The first kappa shape index (κ1) is 22.8. The van der Waals surface area contributed by atoms with Gasteiger partial charge < -0.3 is 10.6 Å². The number of nitrogens with zero attached hydrogens (tertiary/aromatic N) is 2. The SMILES string of the molecule is CCNC(=NCCC1CCN(CC(F)(F)F)CC1)NC(C)C.I. The van der Waals surface area contributed by atoms with Crippen LogP contribution in [0, 0.1) is 5.92 Å².